The Bertz CT molecular complexity index is 1230. The van der Waals surface area contributed by atoms with E-state index in [1.807, 2.05) is 6.20 Å². The van der Waals surface area contributed by atoms with Crippen LogP contribution in [-0.4, -0.2) is 24.5 Å². The van der Waals surface area contributed by atoms with Gasteiger partial charge in [0.2, 0.25) is 17.3 Å². The Hall–Kier alpha value is -3.87. The molecule has 1 aliphatic rings. The summed E-state index contributed by atoms with van der Waals surface area (Å²) in [6, 6.07) is 11.8. The molecule has 0 saturated carbocycles. The summed E-state index contributed by atoms with van der Waals surface area (Å²) in [7, 11) is 0. The Morgan fingerprint density at radius 2 is 1.60 bits per heavy atom. The first kappa shape index (κ1) is 18.2. The smallest absolute Gasteiger partial charge is 0.237 e. The van der Waals surface area contributed by atoms with Crippen molar-refractivity contribution in [2.75, 3.05) is 4.90 Å². The van der Waals surface area contributed by atoms with Gasteiger partial charge in [-0.05, 0) is 44.0 Å². The fourth-order valence-corrected chi connectivity index (χ4v) is 3.93. The van der Waals surface area contributed by atoms with Crippen LogP contribution < -0.4 is 10.3 Å². The van der Waals surface area contributed by atoms with E-state index in [1.165, 1.54) is 11.1 Å². The minimum atomic E-state index is -0.136. The molecule has 5 rings (SSSR count). The van der Waals surface area contributed by atoms with Crippen LogP contribution in [0.5, 0.6) is 0 Å². The summed E-state index contributed by atoms with van der Waals surface area (Å²) in [5, 5.41) is 0. The van der Waals surface area contributed by atoms with Crippen molar-refractivity contribution < 1.29 is 0 Å². The van der Waals surface area contributed by atoms with Crippen molar-refractivity contribution >= 4 is 17.6 Å². The summed E-state index contributed by atoms with van der Waals surface area (Å²) in [5.74, 6) is 0.696. The monoisotopic (exact) mass is 396 g/mol. The average molecular weight is 396 g/mol. The molecule has 1 aliphatic heterocycles. The van der Waals surface area contributed by atoms with E-state index in [0.717, 1.165) is 17.7 Å². The Labute approximate surface area is 173 Å². The summed E-state index contributed by atoms with van der Waals surface area (Å²) >= 11 is 0. The van der Waals surface area contributed by atoms with Crippen LogP contribution in [0.15, 0.2) is 72.2 Å². The topological polar surface area (TPSA) is 76.8 Å². The molecule has 0 aliphatic carbocycles. The fourth-order valence-electron chi connectivity index (χ4n) is 3.93. The van der Waals surface area contributed by atoms with Crippen LogP contribution in [0.4, 0.5) is 17.6 Å². The van der Waals surface area contributed by atoms with Gasteiger partial charge < -0.3 is 4.57 Å². The minimum absolute atomic E-state index is 0.136. The summed E-state index contributed by atoms with van der Waals surface area (Å²) in [6.45, 7) is 4.22. The molecule has 4 heterocycles. The second-order valence-corrected chi connectivity index (χ2v) is 7.46. The molecule has 0 spiro atoms. The van der Waals surface area contributed by atoms with Gasteiger partial charge in [-0.2, -0.15) is 0 Å². The number of rotatable bonds is 3. The first-order valence-corrected chi connectivity index (χ1v) is 9.82. The van der Waals surface area contributed by atoms with Gasteiger partial charge in [0.05, 0.1) is 5.69 Å². The van der Waals surface area contributed by atoms with Crippen molar-refractivity contribution in [2.45, 2.75) is 26.3 Å². The second-order valence-electron chi connectivity index (χ2n) is 7.46. The number of benzene rings is 1. The molecule has 0 saturated heterocycles. The van der Waals surface area contributed by atoms with Crippen molar-refractivity contribution in [1.82, 2.24) is 24.5 Å². The highest BCUT2D eigenvalue weighted by atomic mass is 16.1. The Kier molecular flexibility index (Phi) is 4.35. The standard InChI is InChI=1S/C23H20N6O/c1-15-5-6-17-12-16(2)28-14-20(21(30)13-19(28)18(17)11-15)29(22-24-7-3-8-25-22)23-26-9-4-10-27-23/h3-11,13-14,16H,12H2,1-2H3. The summed E-state index contributed by atoms with van der Waals surface area (Å²) in [6.07, 6.45) is 9.31. The van der Waals surface area contributed by atoms with Crippen LogP contribution >= 0.6 is 0 Å². The lowest BCUT2D eigenvalue weighted by molar-refractivity contribution is 0.534. The number of nitrogens with zero attached hydrogens (tertiary/aromatic N) is 6. The Morgan fingerprint density at radius 3 is 2.23 bits per heavy atom. The van der Waals surface area contributed by atoms with Gasteiger partial charge >= 0.3 is 0 Å². The number of hydrogen-bond acceptors (Lipinski definition) is 6. The lowest BCUT2D eigenvalue weighted by Gasteiger charge is -2.30. The molecule has 0 N–H and O–H groups in total. The van der Waals surface area contributed by atoms with Gasteiger partial charge in [-0.3, -0.25) is 4.79 Å². The number of fused-ring (bicyclic) bond motifs is 3. The SMILES string of the molecule is Cc1ccc2c(c1)-c1cc(=O)c(N(c3ncccn3)c3ncccn3)cn1C(C)C2. The normalized spacial score (nSPS) is 14.7. The van der Waals surface area contributed by atoms with Crippen molar-refractivity contribution in [3.05, 3.63) is 88.7 Å². The molecule has 0 radical (unpaired) electrons. The lowest BCUT2D eigenvalue weighted by atomic mass is 9.92. The third-order valence-corrected chi connectivity index (χ3v) is 5.34. The van der Waals surface area contributed by atoms with Crippen molar-refractivity contribution in [3.8, 4) is 11.3 Å². The van der Waals surface area contributed by atoms with Gasteiger partial charge in [0.25, 0.3) is 0 Å². The minimum Gasteiger partial charge on any atom is -0.342 e. The van der Waals surface area contributed by atoms with E-state index in [9.17, 15) is 4.79 Å². The zero-order valence-corrected chi connectivity index (χ0v) is 16.7. The fraction of sp³-hybridized carbons (Fsp3) is 0.174. The number of aryl methyl sites for hydroxylation is 1. The van der Waals surface area contributed by atoms with Crippen LogP contribution in [0, 0.1) is 6.92 Å². The van der Waals surface area contributed by atoms with E-state index >= 15 is 0 Å². The van der Waals surface area contributed by atoms with Gasteiger partial charge in [0.1, 0.15) is 5.69 Å². The van der Waals surface area contributed by atoms with Crippen LogP contribution in [0.25, 0.3) is 11.3 Å². The number of pyridine rings is 1. The van der Waals surface area contributed by atoms with Crippen LogP contribution in [0.1, 0.15) is 24.1 Å². The third-order valence-electron chi connectivity index (χ3n) is 5.34. The molecule has 0 amide bonds. The number of anilines is 3. The third kappa shape index (κ3) is 3.04. The van der Waals surface area contributed by atoms with Gasteiger partial charge in [0, 0.05) is 48.7 Å². The molecular weight excluding hydrogens is 376 g/mol. The largest absolute Gasteiger partial charge is 0.342 e. The van der Waals surface area contributed by atoms with E-state index in [2.05, 4.69) is 56.5 Å². The van der Waals surface area contributed by atoms with Gasteiger partial charge in [-0.1, -0.05) is 17.7 Å². The van der Waals surface area contributed by atoms with Crippen LogP contribution in [-0.2, 0) is 6.42 Å². The predicted octanol–water partition coefficient (Wildman–Crippen LogP) is 3.99. The van der Waals surface area contributed by atoms with Crippen molar-refractivity contribution in [1.29, 1.82) is 0 Å². The highest BCUT2D eigenvalue weighted by molar-refractivity contribution is 5.72. The summed E-state index contributed by atoms with van der Waals surface area (Å²) < 4.78 is 2.15. The molecule has 148 valence electrons. The average Bonchev–Trinajstić information content (AvgIpc) is 2.77. The lowest BCUT2D eigenvalue weighted by Crippen LogP contribution is -2.26. The summed E-state index contributed by atoms with van der Waals surface area (Å²) in [5.41, 5.74) is 4.74. The maximum absolute atomic E-state index is 13.3. The van der Waals surface area contributed by atoms with Crippen molar-refractivity contribution in [3.63, 3.8) is 0 Å². The molecule has 4 aromatic rings. The first-order valence-electron chi connectivity index (χ1n) is 9.82. The molecule has 0 fully saturated rings. The van der Waals surface area contributed by atoms with Gasteiger partial charge in [-0.15, -0.1) is 0 Å². The number of aromatic nitrogens is 5. The summed E-state index contributed by atoms with van der Waals surface area (Å²) in [4.78, 5) is 32.3. The molecule has 30 heavy (non-hydrogen) atoms. The number of hydrogen-bond donors (Lipinski definition) is 0. The van der Waals surface area contributed by atoms with E-state index in [0.29, 0.717) is 17.6 Å². The maximum Gasteiger partial charge on any atom is 0.237 e. The maximum atomic E-state index is 13.3. The zero-order valence-electron chi connectivity index (χ0n) is 16.7. The first-order chi connectivity index (χ1) is 14.6. The Balaban J connectivity index is 1.73. The molecule has 1 atom stereocenters. The highest BCUT2D eigenvalue weighted by Gasteiger charge is 2.26. The quantitative estimate of drug-likeness (QED) is 0.521. The van der Waals surface area contributed by atoms with E-state index in [4.69, 9.17) is 0 Å². The van der Waals surface area contributed by atoms with E-state index < -0.39 is 0 Å². The highest BCUT2D eigenvalue weighted by Crippen LogP contribution is 2.36. The zero-order chi connectivity index (χ0) is 20.7. The molecule has 7 heteroatoms. The molecule has 1 unspecified atom stereocenters. The molecule has 0 bridgehead atoms. The molecule has 7 nitrogen and oxygen atoms in total. The predicted molar refractivity (Wildman–Crippen MR) is 115 cm³/mol. The van der Waals surface area contributed by atoms with E-state index in [-0.39, 0.29) is 11.5 Å². The van der Waals surface area contributed by atoms with Gasteiger partial charge in [-0.25, -0.2) is 24.8 Å². The Morgan fingerprint density at radius 1 is 0.967 bits per heavy atom. The molecule has 1 aromatic carbocycles. The van der Waals surface area contributed by atoms with Gasteiger partial charge in [0.15, 0.2) is 0 Å². The second kappa shape index (κ2) is 7.18. The van der Waals surface area contributed by atoms with Crippen molar-refractivity contribution in [2.24, 2.45) is 0 Å². The van der Waals surface area contributed by atoms with E-state index in [1.54, 1.807) is 47.9 Å². The van der Waals surface area contributed by atoms with Crippen LogP contribution in [0.2, 0.25) is 0 Å². The molecule has 3 aromatic heterocycles. The molecular formula is C23H20N6O. The van der Waals surface area contributed by atoms with Crippen LogP contribution in [0.3, 0.4) is 0 Å².